The molecule has 2 aromatic heterocycles. The van der Waals surface area contributed by atoms with Crippen molar-refractivity contribution < 1.29 is 9.59 Å². The van der Waals surface area contributed by atoms with Crippen LogP contribution in [0.3, 0.4) is 0 Å². The number of nitrogen functional groups attached to an aromatic ring is 1. The number of aromatic amines is 1. The summed E-state index contributed by atoms with van der Waals surface area (Å²) in [6.45, 7) is 0.254. The van der Waals surface area contributed by atoms with Gasteiger partial charge in [0.2, 0.25) is 5.91 Å². The fourth-order valence-electron chi connectivity index (χ4n) is 3.78. The molecule has 0 atom stereocenters. The number of carbonyl (C=O) groups excluding carboxylic acids is 2. The number of H-pyrrole nitrogens is 1. The van der Waals surface area contributed by atoms with Gasteiger partial charge in [-0.05, 0) is 53.4 Å². The number of benzene rings is 2. The highest BCUT2D eigenvalue weighted by Gasteiger charge is 2.09. The van der Waals surface area contributed by atoms with E-state index >= 15 is 0 Å². The van der Waals surface area contributed by atoms with Crippen molar-refractivity contribution in [3.8, 4) is 11.1 Å². The van der Waals surface area contributed by atoms with Crippen LogP contribution in [0.15, 0.2) is 71.8 Å². The van der Waals surface area contributed by atoms with Gasteiger partial charge >= 0.3 is 0 Å². The normalized spacial score (nSPS) is 10.8. The summed E-state index contributed by atoms with van der Waals surface area (Å²) < 4.78 is 1.25. The van der Waals surface area contributed by atoms with Crippen molar-refractivity contribution in [2.24, 2.45) is 11.5 Å². The molecular formula is C25H24N6O3. The van der Waals surface area contributed by atoms with Crippen molar-refractivity contribution in [3.63, 3.8) is 0 Å². The first-order valence-electron chi connectivity index (χ1n) is 10.6. The lowest BCUT2D eigenvalue weighted by Crippen LogP contribution is -2.27. The number of carbonyl (C=O) groups is 2. The molecule has 9 nitrogen and oxygen atoms in total. The molecule has 9 heteroatoms. The van der Waals surface area contributed by atoms with Crippen molar-refractivity contribution in [1.82, 2.24) is 14.9 Å². The van der Waals surface area contributed by atoms with Crippen LogP contribution in [-0.4, -0.2) is 33.7 Å². The van der Waals surface area contributed by atoms with E-state index in [1.54, 1.807) is 42.7 Å². The Hall–Kier alpha value is -4.66. The van der Waals surface area contributed by atoms with Crippen LogP contribution in [-0.2, 0) is 17.8 Å². The third kappa shape index (κ3) is 4.88. The Bertz CT molecular complexity index is 1450. The minimum Gasteiger partial charge on any atom is -0.384 e. The molecule has 0 unspecified atom stereocenters. The van der Waals surface area contributed by atoms with Crippen molar-refractivity contribution in [2.45, 2.75) is 13.0 Å². The number of hydrogen-bond acceptors (Lipinski definition) is 4. The Balaban J connectivity index is 1.39. The molecule has 2 amide bonds. The van der Waals surface area contributed by atoms with Crippen LogP contribution in [0.2, 0.25) is 0 Å². The Morgan fingerprint density at radius 1 is 1.00 bits per heavy atom. The van der Waals surface area contributed by atoms with E-state index in [0.717, 1.165) is 27.6 Å². The van der Waals surface area contributed by atoms with E-state index in [2.05, 4.69) is 10.3 Å². The van der Waals surface area contributed by atoms with Crippen molar-refractivity contribution in [2.75, 3.05) is 6.54 Å². The number of pyridine rings is 1. The molecule has 0 saturated heterocycles. The molecule has 2 aromatic carbocycles. The third-order valence-electron chi connectivity index (χ3n) is 5.53. The summed E-state index contributed by atoms with van der Waals surface area (Å²) in [6.07, 6.45) is 3.92. The monoisotopic (exact) mass is 456 g/mol. The van der Waals surface area contributed by atoms with Crippen LogP contribution >= 0.6 is 0 Å². The largest absolute Gasteiger partial charge is 0.384 e. The Morgan fingerprint density at radius 2 is 1.74 bits per heavy atom. The summed E-state index contributed by atoms with van der Waals surface area (Å²) >= 11 is 0. The minimum absolute atomic E-state index is 0.00630. The molecule has 0 aliphatic carbocycles. The van der Waals surface area contributed by atoms with Gasteiger partial charge in [0.05, 0.1) is 0 Å². The van der Waals surface area contributed by atoms with Gasteiger partial charge in [-0.25, -0.2) is 0 Å². The highest BCUT2D eigenvalue weighted by atomic mass is 16.2. The number of hydrogen-bond donors (Lipinski definition) is 5. The molecule has 7 N–H and O–H groups in total. The maximum atomic E-state index is 12.6. The molecule has 0 spiro atoms. The van der Waals surface area contributed by atoms with E-state index in [0.29, 0.717) is 24.1 Å². The Kier molecular flexibility index (Phi) is 6.26. The zero-order valence-electron chi connectivity index (χ0n) is 18.3. The number of amidine groups is 1. The predicted octanol–water partition coefficient (Wildman–Crippen LogP) is 1.74. The second kappa shape index (κ2) is 9.45. The molecule has 4 aromatic rings. The van der Waals surface area contributed by atoms with Crippen LogP contribution in [0.5, 0.6) is 0 Å². The van der Waals surface area contributed by atoms with Crippen molar-refractivity contribution >= 4 is 28.6 Å². The number of rotatable bonds is 8. The van der Waals surface area contributed by atoms with Gasteiger partial charge in [-0.1, -0.05) is 18.2 Å². The highest BCUT2D eigenvalue weighted by molar-refractivity contribution is 6.07. The lowest BCUT2D eigenvalue weighted by molar-refractivity contribution is -0.118. The van der Waals surface area contributed by atoms with E-state index in [4.69, 9.17) is 16.9 Å². The van der Waals surface area contributed by atoms with Gasteiger partial charge < -0.3 is 26.3 Å². The molecule has 0 bridgehead atoms. The van der Waals surface area contributed by atoms with Gasteiger partial charge in [-0.3, -0.25) is 19.8 Å². The Morgan fingerprint density at radius 3 is 2.44 bits per heavy atom. The lowest BCUT2D eigenvalue weighted by atomic mass is 10.0. The maximum absolute atomic E-state index is 12.6. The molecule has 0 fully saturated rings. The maximum Gasteiger partial charge on any atom is 0.251 e. The van der Waals surface area contributed by atoms with Crippen LogP contribution in [0.25, 0.3) is 22.0 Å². The van der Waals surface area contributed by atoms with Crippen molar-refractivity contribution in [1.29, 1.82) is 5.41 Å². The van der Waals surface area contributed by atoms with Crippen LogP contribution in [0.4, 0.5) is 0 Å². The number of amides is 2. The number of nitrogens with zero attached hydrogens (tertiary/aromatic N) is 1. The molecule has 172 valence electrons. The van der Waals surface area contributed by atoms with Gasteiger partial charge in [0.25, 0.3) is 11.5 Å². The highest BCUT2D eigenvalue weighted by Crippen LogP contribution is 2.20. The van der Waals surface area contributed by atoms with Crippen LogP contribution in [0.1, 0.15) is 21.5 Å². The fraction of sp³-hybridized carbons (Fsp3) is 0.120. The van der Waals surface area contributed by atoms with E-state index < -0.39 is 5.91 Å². The number of nitrogens with two attached hydrogens (primary N) is 2. The molecular weight excluding hydrogens is 432 g/mol. The molecule has 0 aliphatic rings. The van der Waals surface area contributed by atoms with E-state index in [9.17, 15) is 14.4 Å². The summed E-state index contributed by atoms with van der Waals surface area (Å²) in [7, 11) is 0. The van der Waals surface area contributed by atoms with E-state index in [-0.39, 0.29) is 23.8 Å². The summed E-state index contributed by atoms with van der Waals surface area (Å²) in [5, 5.41) is 11.5. The molecule has 0 aliphatic heterocycles. The van der Waals surface area contributed by atoms with Gasteiger partial charge in [0.15, 0.2) is 0 Å². The SMILES string of the molecule is N=C(N)c1c[nH]c2ccc(CCNC(=O)c3ccc(-c4ccc(=O)n(CC(N)=O)c4)cc3)cc12. The first kappa shape index (κ1) is 22.5. The molecule has 2 heterocycles. The molecule has 34 heavy (non-hydrogen) atoms. The molecule has 4 rings (SSSR count). The van der Waals surface area contributed by atoms with Gasteiger partial charge in [-0.2, -0.15) is 0 Å². The standard InChI is InChI=1S/C25H24N6O3/c26-22(32)14-31-13-18(6-8-23(31)33)16-2-4-17(5-3-16)25(34)29-10-9-15-1-7-21-19(11-15)20(12-30-21)24(27)28/h1-8,11-13,30H,9-10,14H2,(H2,26,32)(H3,27,28)(H,29,34). The number of aromatic nitrogens is 2. The summed E-state index contributed by atoms with van der Waals surface area (Å²) in [5.41, 5.74) is 15.1. The summed E-state index contributed by atoms with van der Waals surface area (Å²) in [4.78, 5) is 38.7. The zero-order valence-corrected chi connectivity index (χ0v) is 18.3. The van der Waals surface area contributed by atoms with Crippen molar-refractivity contribution in [3.05, 3.63) is 94.0 Å². The summed E-state index contributed by atoms with van der Waals surface area (Å²) in [6, 6.07) is 15.9. The van der Waals surface area contributed by atoms with Crippen LogP contribution < -0.4 is 22.3 Å². The number of nitrogens with one attached hydrogen (secondary N) is 3. The molecule has 0 radical (unpaired) electrons. The van der Waals surface area contributed by atoms with Crippen LogP contribution in [0, 0.1) is 5.41 Å². The number of fused-ring (bicyclic) bond motifs is 1. The molecule has 0 saturated carbocycles. The predicted molar refractivity (Wildman–Crippen MR) is 131 cm³/mol. The first-order valence-corrected chi connectivity index (χ1v) is 10.6. The topological polar surface area (TPSA) is 160 Å². The average Bonchev–Trinajstić information content (AvgIpc) is 3.24. The van der Waals surface area contributed by atoms with Gasteiger partial charge in [0, 0.05) is 47.0 Å². The Labute approximate surface area is 194 Å². The van der Waals surface area contributed by atoms with Gasteiger partial charge in [-0.15, -0.1) is 0 Å². The third-order valence-corrected chi connectivity index (χ3v) is 5.53. The lowest BCUT2D eigenvalue weighted by Gasteiger charge is -2.09. The van der Waals surface area contributed by atoms with Gasteiger partial charge in [0.1, 0.15) is 12.4 Å². The quantitative estimate of drug-likeness (QED) is 0.202. The fourth-order valence-corrected chi connectivity index (χ4v) is 3.78. The summed E-state index contributed by atoms with van der Waals surface area (Å²) in [5.74, 6) is -0.789. The first-order chi connectivity index (χ1) is 16.3. The van der Waals surface area contributed by atoms with E-state index in [1.165, 1.54) is 10.6 Å². The second-order valence-corrected chi connectivity index (χ2v) is 7.93. The minimum atomic E-state index is -0.599. The smallest absolute Gasteiger partial charge is 0.251 e. The average molecular weight is 457 g/mol. The second-order valence-electron chi connectivity index (χ2n) is 7.93. The zero-order chi connectivity index (χ0) is 24.2. The van der Waals surface area contributed by atoms with E-state index in [1.807, 2.05) is 18.2 Å². The number of primary amides is 1.